The Hall–Kier alpha value is -3.03. The van der Waals surface area contributed by atoms with E-state index < -0.39 is 0 Å². The molecular formula is C29H34N2O2. The van der Waals surface area contributed by atoms with Crippen molar-refractivity contribution in [3.05, 3.63) is 71.4 Å². The van der Waals surface area contributed by atoms with Crippen molar-refractivity contribution in [1.82, 2.24) is 10.3 Å². The molecule has 0 radical (unpaired) electrons. The fourth-order valence-electron chi connectivity index (χ4n) is 4.85. The number of rotatable bonds is 8. The van der Waals surface area contributed by atoms with Gasteiger partial charge in [-0.25, -0.2) is 0 Å². The maximum Gasteiger partial charge on any atom is 0.251 e. The van der Waals surface area contributed by atoms with Crippen LogP contribution in [0.15, 0.2) is 54.7 Å². The summed E-state index contributed by atoms with van der Waals surface area (Å²) in [4.78, 5) is 16.1. The number of fused-ring (bicyclic) bond motifs is 1. The largest absolute Gasteiger partial charge is 0.394 e. The molecule has 1 saturated carbocycles. The Morgan fingerprint density at radius 2 is 1.97 bits per heavy atom. The minimum absolute atomic E-state index is 0.119. The molecule has 0 unspecified atom stereocenters. The van der Waals surface area contributed by atoms with Gasteiger partial charge >= 0.3 is 0 Å². The number of hydrogen-bond acceptors (Lipinski definition) is 2. The molecule has 1 atom stereocenters. The molecule has 0 aliphatic heterocycles. The summed E-state index contributed by atoms with van der Waals surface area (Å²) in [6, 6.07) is 15.1. The molecule has 0 bridgehead atoms. The van der Waals surface area contributed by atoms with E-state index in [9.17, 15) is 9.90 Å². The Balaban J connectivity index is 1.31. The number of aromatic amines is 1. The number of H-pyrrole nitrogens is 1. The number of carbonyl (C=O) groups excluding carboxylic acids is 1. The van der Waals surface area contributed by atoms with Gasteiger partial charge in [0.25, 0.3) is 5.91 Å². The van der Waals surface area contributed by atoms with E-state index in [4.69, 9.17) is 0 Å². The van der Waals surface area contributed by atoms with Gasteiger partial charge in [0.05, 0.1) is 12.6 Å². The van der Waals surface area contributed by atoms with Crippen LogP contribution in [0.25, 0.3) is 10.9 Å². The molecule has 33 heavy (non-hydrogen) atoms. The van der Waals surface area contributed by atoms with Crippen LogP contribution in [0.5, 0.6) is 0 Å². The number of unbranched alkanes of at least 4 members (excludes halogenated alkanes) is 1. The summed E-state index contributed by atoms with van der Waals surface area (Å²) in [5, 5.41) is 14.0. The molecule has 1 fully saturated rings. The predicted octanol–water partition coefficient (Wildman–Crippen LogP) is 5.60. The number of aromatic nitrogens is 1. The molecule has 3 N–H and O–H groups in total. The van der Waals surface area contributed by atoms with Crippen LogP contribution in [0.2, 0.25) is 0 Å². The summed E-state index contributed by atoms with van der Waals surface area (Å²) in [5.41, 5.74) is 3.57. The normalized spacial score (nSPS) is 15.1. The predicted molar refractivity (Wildman–Crippen MR) is 134 cm³/mol. The van der Waals surface area contributed by atoms with Crippen LogP contribution in [-0.2, 0) is 6.42 Å². The van der Waals surface area contributed by atoms with Crippen molar-refractivity contribution >= 4 is 16.8 Å². The van der Waals surface area contributed by atoms with E-state index >= 15 is 0 Å². The summed E-state index contributed by atoms with van der Waals surface area (Å²) in [6.07, 6.45) is 12.8. The SMILES string of the molecule is O=C(N[C@@H](CO)Cc1c[nH]c2ccccc12)c1cccc(C#CCCCC2CCCCC2)c1. The molecule has 0 saturated heterocycles. The van der Waals surface area contributed by atoms with Crippen molar-refractivity contribution < 1.29 is 9.90 Å². The van der Waals surface area contributed by atoms with Gasteiger partial charge in [0.2, 0.25) is 0 Å². The molecule has 1 heterocycles. The number of benzene rings is 2. The van der Waals surface area contributed by atoms with Crippen LogP contribution >= 0.6 is 0 Å². The highest BCUT2D eigenvalue weighted by atomic mass is 16.3. The van der Waals surface area contributed by atoms with Crippen LogP contribution in [-0.4, -0.2) is 28.6 Å². The summed E-state index contributed by atoms with van der Waals surface area (Å²) in [7, 11) is 0. The molecule has 2 aromatic carbocycles. The number of amides is 1. The number of aliphatic hydroxyl groups is 1. The van der Waals surface area contributed by atoms with Gasteiger partial charge in [-0.2, -0.15) is 0 Å². The second-order valence-electron chi connectivity index (χ2n) is 9.20. The highest BCUT2D eigenvalue weighted by molar-refractivity contribution is 5.94. The third-order valence-electron chi connectivity index (χ3n) is 6.69. The average Bonchev–Trinajstić information content (AvgIpc) is 3.27. The molecule has 4 rings (SSSR count). The zero-order chi connectivity index (χ0) is 22.9. The Morgan fingerprint density at radius 1 is 1.12 bits per heavy atom. The van der Waals surface area contributed by atoms with E-state index in [1.165, 1.54) is 38.5 Å². The minimum atomic E-state index is -0.355. The van der Waals surface area contributed by atoms with Crippen LogP contribution in [0.4, 0.5) is 0 Å². The number of hydrogen-bond donors (Lipinski definition) is 3. The molecule has 3 aromatic rings. The molecule has 1 amide bonds. The maximum atomic E-state index is 12.8. The number of nitrogens with one attached hydrogen (secondary N) is 2. The number of para-hydroxylation sites is 1. The Kier molecular flexibility index (Phi) is 8.22. The highest BCUT2D eigenvalue weighted by Crippen LogP contribution is 2.27. The van der Waals surface area contributed by atoms with Crippen molar-refractivity contribution in [2.75, 3.05) is 6.61 Å². The lowest BCUT2D eigenvalue weighted by atomic mass is 9.86. The zero-order valence-corrected chi connectivity index (χ0v) is 19.3. The standard InChI is InChI=1S/C29H34N2O2/c32-21-26(19-25-20-30-28-17-8-7-16-27(25)28)31-29(33)24-15-9-14-23(18-24)13-6-2-5-12-22-10-3-1-4-11-22/h7-9,14-18,20,22,26,30,32H,1-5,10-12,19,21H2,(H,31,33)/t26-/m1/s1. The Labute approximate surface area is 196 Å². The van der Waals surface area contributed by atoms with E-state index in [1.807, 2.05) is 42.6 Å². The Morgan fingerprint density at radius 3 is 2.82 bits per heavy atom. The molecule has 1 aromatic heterocycles. The summed E-state index contributed by atoms with van der Waals surface area (Å²) >= 11 is 0. The first-order valence-corrected chi connectivity index (χ1v) is 12.3. The maximum absolute atomic E-state index is 12.8. The van der Waals surface area contributed by atoms with Gasteiger partial charge in [0, 0.05) is 34.6 Å². The highest BCUT2D eigenvalue weighted by Gasteiger charge is 2.16. The lowest BCUT2D eigenvalue weighted by Crippen LogP contribution is -2.39. The van der Waals surface area contributed by atoms with Crippen LogP contribution in [0.3, 0.4) is 0 Å². The summed E-state index contributed by atoms with van der Waals surface area (Å²) < 4.78 is 0. The average molecular weight is 443 g/mol. The fraction of sp³-hybridized carbons (Fsp3) is 0.414. The molecule has 0 spiro atoms. The zero-order valence-electron chi connectivity index (χ0n) is 19.3. The van der Waals surface area contributed by atoms with E-state index in [1.54, 1.807) is 6.07 Å². The van der Waals surface area contributed by atoms with Crippen molar-refractivity contribution in [1.29, 1.82) is 0 Å². The van der Waals surface area contributed by atoms with Crippen molar-refractivity contribution in [2.24, 2.45) is 5.92 Å². The smallest absolute Gasteiger partial charge is 0.251 e. The van der Waals surface area contributed by atoms with Gasteiger partial charge in [0.1, 0.15) is 0 Å². The fourth-order valence-corrected chi connectivity index (χ4v) is 4.85. The van der Waals surface area contributed by atoms with Crippen molar-refractivity contribution in [3.63, 3.8) is 0 Å². The second-order valence-corrected chi connectivity index (χ2v) is 9.20. The Bertz CT molecular complexity index is 1120. The molecule has 4 nitrogen and oxygen atoms in total. The molecule has 1 aliphatic rings. The lowest BCUT2D eigenvalue weighted by molar-refractivity contribution is 0.0916. The quantitative estimate of drug-likeness (QED) is 0.314. The van der Waals surface area contributed by atoms with E-state index in [0.717, 1.165) is 40.8 Å². The van der Waals surface area contributed by atoms with Gasteiger partial charge in [-0.1, -0.05) is 68.2 Å². The molecule has 4 heteroatoms. The van der Waals surface area contributed by atoms with E-state index in [-0.39, 0.29) is 18.6 Å². The second kappa shape index (κ2) is 11.7. The van der Waals surface area contributed by atoms with Gasteiger partial charge in [0.15, 0.2) is 0 Å². The first kappa shape index (κ1) is 23.1. The summed E-state index contributed by atoms with van der Waals surface area (Å²) in [6.45, 7) is -0.119. The molecule has 172 valence electrons. The van der Waals surface area contributed by atoms with Crippen LogP contribution < -0.4 is 5.32 Å². The van der Waals surface area contributed by atoms with E-state index in [0.29, 0.717) is 12.0 Å². The van der Waals surface area contributed by atoms with Crippen molar-refractivity contribution in [3.8, 4) is 11.8 Å². The van der Waals surface area contributed by atoms with Gasteiger partial charge in [-0.05, 0) is 55.0 Å². The van der Waals surface area contributed by atoms with Crippen molar-refractivity contribution in [2.45, 2.75) is 63.8 Å². The molecular weight excluding hydrogens is 408 g/mol. The van der Waals surface area contributed by atoms with Gasteiger partial charge in [-0.3, -0.25) is 4.79 Å². The van der Waals surface area contributed by atoms with E-state index in [2.05, 4.69) is 28.2 Å². The third kappa shape index (κ3) is 6.49. The topological polar surface area (TPSA) is 65.1 Å². The van der Waals surface area contributed by atoms with Crippen LogP contribution in [0, 0.1) is 17.8 Å². The lowest BCUT2D eigenvalue weighted by Gasteiger charge is -2.20. The van der Waals surface area contributed by atoms with Crippen LogP contribution in [0.1, 0.15) is 72.9 Å². The number of carbonyl (C=O) groups is 1. The monoisotopic (exact) mass is 442 g/mol. The van der Waals surface area contributed by atoms with Gasteiger partial charge < -0.3 is 15.4 Å². The summed E-state index contributed by atoms with van der Waals surface area (Å²) in [5.74, 6) is 7.21. The number of aliphatic hydroxyl groups excluding tert-OH is 1. The third-order valence-corrected chi connectivity index (χ3v) is 6.69. The first-order valence-electron chi connectivity index (χ1n) is 12.3. The first-order chi connectivity index (χ1) is 16.2. The minimum Gasteiger partial charge on any atom is -0.394 e. The van der Waals surface area contributed by atoms with Gasteiger partial charge in [-0.15, -0.1) is 0 Å². The molecule has 1 aliphatic carbocycles.